The molecule has 0 spiro atoms. The van der Waals surface area contributed by atoms with Gasteiger partial charge in [-0.05, 0) is 80.3 Å². The molecule has 0 bridgehead atoms. The second kappa shape index (κ2) is 7.88. The van der Waals surface area contributed by atoms with Crippen molar-refractivity contribution in [2.24, 2.45) is 11.1 Å². The maximum Gasteiger partial charge on any atom is 0.115 e. The molecule has 2 aromatic rings. The number of nitrogens with two attached hydrogens (primary N) is 1. The lowest BCUT2D eigenvalue weighted by molar-refractivity contribution is -0.0270. The van der Waals surface area contributed by atoms with Gasteiger partial charge in [0.15, 0.2) is 0 Å². The lowest BCUT2D eigenvalue weighted by Crippen LogP contribution is -2.61. The number of hydrogen-bond acceptors (Lipinski definition) is 3. The Labute approximate surface area is 169 Å². The first kappa shape index (κ1) is 19.5. The summed E-state index contributed by atoms with van der Waals surface area (Å²) in [4.78, 5) is 2.67. The number of phenols is 1. The highest BCUT2D eigenvalue weighted by molar-refractivity contribution is 5.37. The fourth-order valence-electron chi connectivity index (χ4n) is 5.85. The van der Waals surface area contributed by atoms with Crippen molar-refractivity contribution in [3.8, 4) is 5.75 Å². The van der Waals surface area contributed by atoms with Crippen LogP contribution in [0, 0.1) is 5.41 Å². The van der Waals surface area contributed by atoms with Crippen molar-refractivity contribution in [3.63, 3.8) is 0 Å². The molecule has 3 N–H and O–H groups in total. The van der Waals surface area contributed by atoms with Gasteiger partial charge in [-0.2, -0.15) is 0 Å². The molecule has 1 aliphatic heterocycles. The summed E-state index contributed by atoms with van der Waals surface area (Å²) < 4.78 is 0. The summed E-state index contributed by atoms with van der Waals surface area (Å²) in [6.45, 7) is 5.87. The lowest BCUT2D eigenvalue weighted by atomic mass is 9.50. The Morgan fingerprint density at radius 3 is 2.71 bits per heavy atom. The standard InChI is InChI=1S/C25H34N2O/c1-24-13-12-22(26)18-25(24,21-10-5-11-23(28)17-21)14-16-27(19-24)15-6-9-20-7-3-2-4-8-20/h2-5,7-8,10-11,17,22,28H,6,9,12-16,18-19,26H2,1H3/t22-,24-,25-/m1/s1. The Balaban J connectivity index is 1.49. The Hall–Kier alpha value is -1.84. The molecule has 3 nitrogen and oxygen atoms in total. The minimum absolute atomic E-state index is 0.0827. The van der Waals surface area contributed by atoms with Crippen LogP contribution in [0.3, 0.4) is 0 Å². The van der Waals surface area contributed by atoms with E-state index in [1.165, 1.54) is 24.0 Å². The van der Waals surface area contributed by atoms with E-state index in [4.69, 9.17) is 5.73 Å². The van der Waals surface area contributed by atoms with Crippen LogP contribution in [0.4, 0.5) is 0 Å². The van der Waals surface area contributed by atoms with Gasteiger partial charge in [-0.25, -0.2) is 0 Å². The molecule has 1 saturated carbocycles. The van der Waals surface area contributed by atoms with Crippen molar-refractivity contribution in [1.82, 2.24) is 4.90 Å². The Bertz CT molecular complexity index is 792. The average Bonchev–Trinajstić information content (AvgIpc) is 2.69. The van der Waals surface area contributed by atoms with Gasteiger partial charge in [-0.1, -0.05) is 49.4 Å². The minimum atomic E-state index is 0.0827. The van der Waals surface area contributed by atoms with E-state index in [1.54, 1.807) is 6.07 Å². The van der Waals surface area contributed by atoms with Gasteiger partial charge in [-0.15, -0.1) is 0 Å². The fraction of sp³-hybridized carbons (Fsp3) is 0.520. The molecule has 2 aromatic carbocycles. The second-order valence-electron chi connectivity index (χ2n) is 9.31. The molecule has 0 radical (unpaired) electrons. The first-order valence-corrected chi connectivity index (χ1v) is 10.8. The number of likely N-dealkylation sites (tertiary alicyclic amines) is 1. The van der Waals surface area contributed by atoms with Crippen molar-refractivity contribution in [2.75, 3.05) is 19.6 Å². The first-order valence-electron chi connectivity index (χ1n) is 10.8. The van der Waals surface area contributed by atoms with Crippen molar-refractivity contribution in [3.05, 3.63) is 65.7 Å². The van der Waals surface area contributed by atoms with E-state index in [0.29, 0.717) is 5.75 Å². The summed E-state index contributed by atoms with van der Waals surface area (Å²) in [6, 6.07) is 19.0. The van der Waals surface area contributed by atoms with Crippen molar-refractivity contribution in [1.29, 1.82) is 0 Å². The highest BCUT2D eigenvalue weighted by Crippen LogP contribution is 2.56. The molecular weight excluding hydrogens is 344 g/mol. The van der Waals surface area contributed by atoms with Crippen molar-refractivity contribution >= 4 is 0 Å². The maximum absolute atomic E-state index is 10.1. The zero-order valence-electron chi connectivity index (χ0n) is 17.1. The minimum Gasteiger partial charge on any atom is -0.508 e. The fourth-order valence-corrected chi connectivity index (χ4v) is 5.85. The number of aromatic hydroxyl groups is 1. The number of hydrogen-bond donors (Lipinski definition) is 2. The maximum atomic E-state index is 10.1. The second-order valence-corrected chi connectivity index (χ2v) is 9.31. The summed E-state index contributed by atoms with van der Waals surface area (Å²) in [6.07, 6.45) is 6.79. The molecular formula is C25H34N2O. The highest BCUT2D eigenvalue weighted by Gasteiger charge is 2.54. The number of benzene rings is 2. The average molecular weight is 379 g/mol. The van der Waals surface area contributed by atoms with Gasteiger partial charge in [0.1, 0.15) is 5.75 Å². The van der Waals surface area contributed by atoms with Crippen LogP contribution in [0.25, 0.3) is 0 Å². The van der Waals surface area contributed by atoms with Gasteiger partial charge in [0, 0.05) is 18.0 Å². The zero-order valence-corrected chi connectivity index (χ0v) is 17.1. The summed E-state index contributed by atoms with van der Waals surface area (Å²) in [7, 11) is 0. The number of phenolic OH excluding ortho intramolecular Hbond substituents is 1. The highest BCUT2D eigenvalue weighted by atomic mass is 16.3. The molecule has 1 heterocycles. The van der Waals surface area contributed by atoms with E-state index >= 15 is 0 Å². The molecule has 1 aliphatic carbocycles. The topological polar surface area (TPSA) is 49.5 Å². The van der Waals surface area contributed by atoms with Crippen LogP contribution in [0.2, 0.25) is 0 Å². The molecule has 28 heavy (non-hydrogen) atoms. The van der Waals surface area contributed by atoms with Gasteiger partial charge in [0.25, 0.3) is 0 Å². The van der Waals surface area contributed by atoms with E-state index in [0.717, 1.165) is 45.3 Å². The van der Waals surface area contributed by atoms with Crippen LogP contribution < -0.4 is 5.73 Å². The predicted molar refractivity (Wildman–Crippen MR) is 116 cm³/mol. The molecule has 150 valence electrons. The van der Waals surface area contributed by atoms with Crippen LogP contribution in [-0.2, 0) is 11.8 Å². The zero-order chi connectivity index (χ0) is 19.6. The van der Waals surface area contributed by atoms with Crippen LogP contribution in [-0.4, -0.2) is 35.7 Å². The van der Waals surface area contributed by atoms with Crippen molar-refractivity contribution in [2.45, 2.75) is 56.9 Å². The van der Waals surface area contributed by atoms with Gasteiger partial charge in [0.05, 0.1) is 0 Å². The monoisotopic (exact) mass is 378 g/mol. The first-order chi connectivity index (χ1) is 13.5. The van der Waals surface area contributed by atoms with Gasteiger partial charge >= 0.3 is 0 Å². The van der Waals surface area contributed by atoms with Gasteiger partial charge in [0.2, 0.25) is 0 Å². The van der Waals surface area contributed by atoms with Crippen LogP contribution in [0.15, 0.2) is 54.6 Å². The quantitative estimate of drug-likeness (QED) is 0.806. The summed E-state index contributed by atoms with van der Waals surface area (Å²) in [5.41, 5.74) is 9.48. The van der Waals surface area contributed by atoms with Gasteiger partial charge in [-0.3, -0.25) is 0 Å². The number of nitrogens with zero attached hydrogens (tertiary/aromatic N) is 1. The number of rotatable bonds is 5. The van der Waals surface area contributed by atoms with E-state index in [2.05, 4.69) is 48.2 Å². The molecule has 0 amide bonds. The van der Waals surface area contributed by atoms with Crippen LogP contribution in [0.5, 0.6) is 5.75 Å². The van der Waals surface area contributed by atoms with E-state index in [9.17, 15) is 5.11 Å². The molecule has 3 atom stereocenters. The number of piperidine rings is 1. The van der Waals surface area contributed by atoms with Crippen LogP contribution >= 0.6 is 0 Å². The third-order valence-corrected chi connectivity index (χ3v) is 7.44. The Morgan fingerprint density at radius 2 is 1.93 bits per heavy atom. The Kier molecular flexibility index (Phi) is 5.48. The third-order valence-electron chi connectivity index (χ3n) is 7.44. The predicted octanol–water partition coefficient (Wildman–Crippen LogP) is 4.49. The molecule has 1 saturated heterocycles. The van der Waals surface area contributed by atoms with E-state index in [1.807, 2.05) is 12.1 Å². The molecule has 0 unspecified atom stereocenters. The number of fused-ring (bicyclic) bond motifs is 1. The van der Waals surface area contributed by atoms with Crippen LogP contribution in [0.1, 0.15) is 50.2 Å². The normalized spacial score (nSPS) is 30.7. The molecule has 2 fully saturated rings. The number of aryl methyl sites for hydroxylation is 1. The van der Waals surface area contributed by atoms with E-state index < -0.39 is 0 Å². The summed E-state index contributed by atoms with van der Waals surface area (Å²) >= 11 is 0. The molecule has 3 heteroatoms. The Morgan fingerprint density at radius 1 is 1.11 bits per heavy atom. The molecule has 2 aliphatic rings. The van der Waals surface area contributed by atoms with Crippen molar-refractivity contribution < 1.29 is 5.11 Å². The summed E-state index contributed by atoms with van der Waals surface area (Å²) in [5, 5.41) is 10.1. The summed E-state index contributed by atoms with van der Waals surface area (Å²) in [5.74, 6) is 0.374. The third kappa shape index (κ3) is 3.70. The van der Waals surface area contributed by atoms with E-state index in [-0.39, 0.29) is 16.9 Å². The molecule has 4 rings (SSSR count). The smallest absolute Gasteiger partial charge is 0.115 e. The van der Waals surface area contributed by atoms with Gasteiger partial charge < -0.3 is 15.7 Å². The molecule has 0 aromatic heterocycles. The SMILES string of the molecule is C[C@]12CC[C@@H](N)C[C@@]1(c1cccc(O)c1)CCN(CCCc1ccccc1)C2. The lowest BCUT2D eigenvalue weighted by Gasteiger charge is -2.59. The largest absolute Gasteiger partial charge is 0.508 e.